The van der Waals surface area contributed by atoms with Crippen molar-refractivity contribution in [3.8, 4) is 23.8 Å². The maximum Gasteiger partial charge on any atom is 0.319 e. The second-order valence-electron chi connectivity index (χ2n) is 6.97. The molecule has 0 aliphatic carbocycles. The number of benzene rings is 2. The normalized spacial score (nSPS) is 15.4. The number of para-hydroxylation sites is 1. The van der Waals surface area contributed by atoms with Gasteiger partial charge in [0.25, 0.3) is 5.91 Å². The van der Waals surface area contributed by atoms with Gasteiger partial charge in [0.15, 0.2) is 11.5 Å². The molecule has 3 amide bonds. The van der Waals surface area contributed by atoms with E-state index in [0.717, 1.165) is 5.56 Å². The van der Waals surface area contributed by atoms with Crippen molar-refractivity contribution >= 4 is 17.6 Å². The summed E-state index contributed by atoms with van der Waals surface area (Å²) in [6.45, 7) is 6.00. The SMILES string of the molecule is C#CCOc1ccc(C2NC(=O)NC(C)=C2C(=O)Nc2ccccc2C)cc1OCC. The number of carbonyl (C=O) groups is 2. The van der Waals surface area contributed by atoms with Crippen molar-refractivity contribution in [3.05, 3.63) is 64.9 Å². The average Bonchev–Trinajstić information content (AvgIpc) is 2.74. The van der Waals surface area contributed by atoms with Crippen LogP contribution in [0.15, 0.2) is 53.7 Å². The second kappa shape index (κ2) is 9.72. The van der Waals surface area contributed by atoms with Gasteiger partial charge < -0.3 is 25.4 Å². The van der Waals surface area contributed by atoms with Gasteiger partial charge >= 0.3 is 6.03 Å². The number of hydrogen-bond donors (Lipinski definition) is 3. The minimum absolute atomic E-state index is 0.104. The van der Waals surface area contributed by atoms with E-state index in [1.165, 1.54) is 0 Å². The van der Waals surface area contributed by atoms with E-state index in [9.17, 15) is 9.59 Å². The molecular formula is C24H25N3O4. The fourth-order valence-corrected chi connectivity index (χ4v) is 3.36. The van der Waals surface area contributed by atoms with Crippen LogP contribution in [0.3, 0.4) is 0 Å². The number of anilines is 1. The lowest BCUT2D eigenvalue weighted by Crippen LogP contribution is -2.46. The van der Waals surface area contributed by atoms with Crippen LogP contribution in [0.1, 0.15) is 31.0 Å². The summed E-state index contributed by atoms with van der Waals surface area (Å²) in [7, 11) is 0. The van der Waals surface area contributed by atoms with Crippen LogP contribution in [0.5, 0.6) is 11.5 Å². The zero-order valence-corrected chi connectivity index (χ0v) is 17.7. The highest BCUT2D eigenvalue weighted by Crippen LogP contribution is 2.35. The van der Waals surface area contributed by atoms with E-state index < -0.39 is 6.04 Å². The third-order valence-electron chi connectivity index (χ3n) is 4.82. The van der Waals surface area contributed by atoms with E-state index in [-0.39, 0.29) is 18.5 Å². The topological polar surface area (TPSA) is 88.7 Å². The lowest BCUT2D eigenvalue weighted by atomic mass is 9.94. The third-order valence-corrected chi connectivity index (χ3v) is 4.82. The van der Waals surface area contributed by atoms with E-state index in [0.29, 0.717) is 40.6 Å². The first kappa shape index (κ1) is 21.8. The number of terminal acetylenes is 1. The highest BCUT2D eigenvalue weighted by atomic mass is 16.5. The summed E-state index contributed by atoms with van der Waals surface area (Å²) in [5.41, 5.74) is 3.21. The molecule has 160 valence electrons. The zero-order chi connectivity index (χ0) is 22.4. The summed E-state index contributed by atoms with van der Waals surface area (Å²) < 4.78 is 11.2. The molecule has 0 spiro atoms. The Labute approximate surface area is 181 Å². The molecule has 1 aliphatic rings. The molecule has 3 rings (SSSR count). The van der Waals surface area contributed by atoms with Crippen LogP contribution < -0.4 is 25.4 Å². The van der Waals surface area contributed by atoms with E-state index >= 15 is 0 Å². The molecule has 31 heavy (non-hydrogen) atoms. The van der Waals surface area contributed by atoms with Crippen molar-refractivity contribution in [1.29, 1.82) is 0 Å². The molecule has 0 aromatic heterocycles. The van der Waals surface area contributed by atoms with Gasteiger partial charge in [-0.25, -0.2) is 4.79 Å². The van der Waals surface area contributed by atoms with Gasteiger partial charge in [-0.2, -0.15) is 0 Å². The Morgan fingerprint density at radius 2 is 1.94 bits per heavy atom. The van der Waals surface area contributed by atoms with Gasteiger partial charge in [0, 0.05) is 11.4 Å². The molecule has 1 unspecified atom stereocenters. The largest absolute Gasteiger partial charge is 0.490 e. The predicted octanol–water partition coefficient (Wildman–Crippen LogP) is 3.67. The lowest BCUT2D eigenvalue weighted by molar-refractivity contribution is -0.113. The molecule has 0 saturated heterocycles. The molecule has 7 nitrogen and oxygen atoms in total. The van der Waals surface area contributed by atoms with Crippen LogP contribution in [-0.4, -0.2) is 25.2 Å². The molecule has 1 aliphatic heterocycles. The van der Waals surface area contributed by atoms with E-state index in [4.69, 9.17) is 15.9 Å². The number of urea groups is 1. The number of nitrogens with one attached hydrogen (secondary N) is 3. The molecule has 2 aromatic carbocycles. The zero-order valence-electron chi connectivity index (χ0n) is 17.7. The Bertz CT molecular complexity index is 1070. The first-order chi connectivity index (χ1) is 14.9. The minimum atomic E-state index is -0.668. The second-order valence-corrected chi connectivity index (χ2v) is 6.97. The van der Waals surface area contributed by atoms with Crippen molar-refractivity contribution in [2.45, 2.75) is 26.8 Å². The number of rotatable bonds is 7. The lowest BCUT2D eigenvalue weighted by Gasteiger charge is -2.29. The average molecular weight is 419 g/mol. The molecule has 0 bridgehead atoms. The van der Waals surface area contributed by atoms with Crippen molar-refractivity contribution in [3.63, 3.8) is 0 Å². The molecular weight excluding hydrogens is 394 g/mol. The Morgan fingerprint density at radius 1 is 1.16 bits per heavy atom. The van der Waals surface area contributed by atoms with Crippen molar-refractivity contribution < 1.29 is 19.1 Å². The van der Waals surface area contributed by atoms with Crippen LogP contribution >= 0.6 is 0 Å². The first-order valence-electron chi connectivity index (χ1n) is 9.92. The molecule has 1 atom stereocenters. The molecule has 0 radical (unpaired) electrons. The molecule has 3 N–H and O–H groups in total. The molecule has 0 saturated carbocycles. The maximum atomic E-state index is 13.2. The van der Waals surface area contributed by atoms with Gasteiger partial charge in [0.05, 0.1) is 18.2 Å². The van der Waals surface area contributed by atoms with Crippen LogP contribution in [0.25, 0.3) is 0 Å². The maximum absolute atomic E-state index is 13.2. The van der Waals surface area contributed by atoms with Gasteiger partial charge in [0.2, 0.25) is 0 Å². The van der Waals surface area contributed by atoms with Crippen LogP contribution in [0.4, 0.5) is 10.5 Å². The van der Waals surface area contributed by atoms with E-state index in [1.54, 1.807) is 25.1 Å². The van der Waals surface area contributed by atoms with Crippen molar-refractivity contribution in [2.75, 3.05) is 18.5 Å². The van der Waals surface area contributed by atoms with Gasteiger partial charge in [-0.15, -0.1) is 6.42 Å². The summed E-state index contributed by atoms with van der Waals surface area (Å²) in [5.74, 6) is 3.09. The summed E-state index contributed by atoms with van der Waals surface area (Å²) in [5, 5.41) is 8.45. The van der Waals surface area contributed by atoms with Crippen LogP contribution in [0, 0.1) is 19.3 Å². The van der Waals surface area contributed by atoms with Crippen LogP contribution in [-0.2, 0) is 4.79 Å². The van der Waals surface area contributed by atoms with Gasteiger partial charge in [0.1, 0.15) is 6.61 Å². The number of hydrogen-bond acceptors (Lipinski definition) is 4. The summed E-state index contributed by atoms with van der Waals surface area (Å²) in [6.07, 6.45) is 5.28. The minimum Gasteiger partial charge on any atom is -0.490 e. The van der Waals surface area contributed by atoms with Crippen molar-refractivity contribution in [1.82, 2.24) is 10.6 Å². The number of ether oxygens (including phenoxy) is 2. The fourth-order valence-electron chi connectivity index (χ4n) is 3.36. The highest BCUT2D eigenvalue weighted by Gasteiger charge is 2.32. The van der Waals surface area contributed by atoms with Gasteiger partial charge in [-0.3, -0.25) is 4.79 Å². The number of carbonyl (C=O) groups excluding carboxylic acids is 2. The summed E-state index contributed by atoms with van der Waals surface area (Å²) >= 11 is 0. The standard InChI is InChI=1S/C24H25N3O4/c1-5-13-31-19-12-11-17(14-20(19)30-6-2)22-21(16(4)25-24(29)27-22)23(28)26-18-10-8-7-9-15(18)3/h1,7-12,14,22H,6,13H2,2-4H3,(H,26,28)(H2,25,27,29). The quantitative estimate of drug-likeness (QED) is 0.598. The molecule has 2 aromatic rings. The predicted molar refractivity (Wildman–Crippen MR) is 119 cm³/mol. The number of amides is 3. The third kappa shape index (κ3) is 4.98. The van der Waals surface area contributed by atoms with Crippen molar-refractivity contribution in [2.24, 2.45) is 0 Å². The monoisotopic (exact) mass is 419 g/mol. The first-order valence-corrected chi connectivity index (χ1v) is 9.92. The van der Waals surface area contributed by atoms with E-state index in [2.05, 4.69) is 21.9 Å². The molecule has 0 fully saturated rings. The Kier molecular flexibility index (Phi) is 6.83. The van der Waals surface area contributed by atoms with Gasteiger partial charge in [-0.05, 0) is 50.1 Å². The smallest absolute Gasteiger partial charge is 0.319 e. The van der Waals surface area contributed by atoms with E-state index in [1.807, 2.05) is 38.1 Å². The molecule has 7 heteroatoms. The fraction of sp³-hybridized carbons (Fsp3) is 0.250. The summed E-state index contributed by atoms with van der Waals surface area (Å²) in [4.78, 5) is 25.4. The number of allylic oxidation sites excluding steroid dienone is 1. The molecule has 1 heterocycles. The van der Waals surface area contributed by atoms with Crippen LogP contribution in [0.2, 0.25) is 0 Å². The Morgan fingerprint density at radius 3 is 2.65 bits per heavy atom. The highest BCUT2D eigenvalue weighted by molar-refractivity contribution is 6.07. The Hall–Kier alpha value is -3.92. The van der Waals surface area contributed by atoms with Gasteiger partial charge in [-0.1, -0.05) is 30.2 Å². The summed E-state index contributed by atoms with van der Waals surface area (Å²) in [6, 6.07) is 11.7. The Balaban J connectivity index is 1.97. The number of aryl methyl sites for hydroxylation is 1.